The van der Waals surface area contributed by atoms with Crippen LogP contribution in [-0.2, 0) is 11.2 Å². The van der Waals surface area contributed by atoms with Crippen molar-refractivity contribution in [1.82, 2.24) is 5.32 Å². The molecule has 0 saturated carbocycles. The summed E-state index contributed by atoms with van der Waals surface area (Å²) in [6, 6.07) is 13.7. The minimum atomic E-state index is -1.09. The van der Waals surface area contributed by atoms with E-state index in [0.717, 1.165) is 16.3 Å². The highest BCUT2D eigenvalue weighted by Gasteiger charge is 2.30. The molecule has 0 aliphatic carbocycles. The molecular weight excluding hydrogens is 454 g/mol. The third kappa shape index (κ3) is 4.04. The number of rotatable bonds is 3. The van der Waals surface area contributed by atoms with Crippen molar-refractivity contribution >= 4 is 64.5 Å². The van der Waals surface area contributed by atoms with Crippen molar-refractivity contribution in [3.8, 4) is 0 Å². The van der Waals surface area contributed by atoms with Crippen LogP contribution >= 0.6 is 47.8 Å². The summed E-state index contributed by atoms with van der Waals surface area (Å²) in [4.78, 5) is 12.0. The van der Waals surface area contributed by atoms with Crippen LogP contribution in [0.1, 0.15) is 5.56 Å². The average Bonchev–Trinajstić information content (AvgIpc) is 2.38. The van der Waals surface area contributed by atoms with Gasteiger partial charge in [0.2, 0.25) is 5.91 Å². The molecule has 1 amide bonds. The molecule has 0 heterocycles. The number of hydrogen-bond acceptors (Lipinski definition) is 2. The molecule has 3 nitrogen and oxygen atoms in total. The Balaban J connectivity index is 2.15. The SMILES string of the molecule is O=C(Cc1cccc2ccccc12)N[C@@H](O)C(Br)(Br)Br. The van der Waals surface area contributed by atoms with Gasteiger partial charge in [-0.05, 0) is 16.3 Å². The molecule has 0 fully saturated rings. The second-order valence-corrected chi connectivity index (χ2v) is 11.3. The summed E-state index contributed by atoms with van der Waals surface area (Å²) in [5.41, 5.74) is 0.928. The maximum Gasteiger partial charge on any atom is 0.226 e. The molecule has 2 rings (SSSR count). The number of nitrogens with one attached hydrogen (secondary N) is 1. The van der Waals surface area contributed by atoms with Crippen LogP contribution in [0.3, 0.4) is 0 Å². The van der Waals surface area contributed by atoms with Gasteiger partial charge in [-0.2, -0.15) is 0 Å². The zero-order chi connectivity index (χ0) is 14.8. The Hall–Kier alpha value is -0.430. The first-order valence-electron chi connectivity index (χ1n) is 5.89. The first-order valence-corrected chi connectivity index (χ1v) is 8.26. The first-order chi connectivity index (χ1) is 9.38. The Bertz CT molecular complexity index is 620. The lowest BCUT2D eigenvalue weighted by Gasteiger charge is -2.21. The third-order valence-electron chi connectivity index (χ3n) is 2.84. The monoisotopic (exact) mass is 463 g/mol. The largest absolute Gasteiger partial charge is 0.370 e. The van der Waals surface area contributed by atoms with Crippen LogP contribution in [0.4, 0.5) is 0 Å². The average molecular weight is 466 g/mol. The van der Waals surface area contributed by atoms with E-state index in [2.05, 4.69) is 53.1 Å². The van der Waals surface area contributed by atoms with Crippen LogP contribution in [0.2, 0.25) is 0 Å². The molecule has 20 heavy (non-hydrogen) atoms. The van der Waals surface area contributed by atoms with Gasteiger partial charge in [0.25, 0.3) is 0 Å². The number of amides is 1. The number of carbonyl (C=O) groups excluding carboxylic acids is 1. The molecule has 0 saturated heterocycles. The molecule has 2 N–H and O–H groups in total. The number of aliphatic hydroxyl groups excluding tert-OH is 1. The Kier molecular flexibility index (Phi) is 5.23. The van der Waals surface area contributed by atoms with E-state index < -0.39 is 8.37 Å². The van der Waals surface area contributed by atoms with Crippen molar-refractivity contribution in [1.29, 1.82) is 0 Å². The molecule has 0 aromatic heterocycles. The number of hydrogen-bond donors (Lipinski definition) is 2. The highest BCUT2D eigenvalue weighted by atomic mass is 80.0. The zero-order valence-electron chi connectivity index (χ0n) is 10.3. The first kappa shape index (κ1) is 15.9. The van der Waals surface area contributed by atoms with Crippen LogP contribution in [0, 0.1) is 0 Å². The molecule has 0 unspecified atom stereocenters. The molecule has 0 spiro atoms. The highest BCUT2D eigenvalue weighted by molar-refractivity contribution is 9.39. The van der Waals surface area contributed by atoms with Gasteiger partial charge in [0.05, 0.1) is 6.42 Å². The van der Waals surface area contributed by atoms with Crippen molar-refractivity contribution in [2.45, 2.75) is 14.8 Å². The normalized spacial score (nSPS) is 13.2. The van der Waals surface area contributed by atoms with Crippen molar-refractivity contribution < 1.29 is 9.90 Å². The lowest BCUT2D eigenvalue weighted by Crippen LogP contribution is -2.43. The Morgan fingerprint density at radius 1 is 1.15 bits per heavy atom. The molecule has 0 aliphatic rings. The maximum absolute atomic E-state index is 12.0. The zero-order valence-corrected chi connectivity index (χ0v) is 15.1. The van der Waals surface area contributed by atoms with Gasteiger partial charge in [-0.1, -0.05) is 90.3 Å². The smallest absolute Gasteiger partial charge is 0.226 e. The third-order valence-corrected chi connectivity index (χ3v) is 4.14. The molecule has 0 aliphatic heterocycles. The van der Waals surface area contributed by atoms with Gasteiger partial charge in [-0.25, -0.2) is 0 Å². The summed E-state index contributed by atoms with van der Waals surface area (Å²) >= 11 is 9.50. The summed E-state index contributed by atoms with van der Waals surface area (Å²) in [5, 5.41) is 14.4. The lowest BCUT2D eigenvalue weighted by molar-refractivity contribution is -0.123. The standard InChI is InChI=1S/C14H12Br3NO2/c15-14(16,17)13(20)18-12(19)8-10-6-3-5-9-4-1-2-7-11(9)10/h1-7,13,20H,8H2,(H,18,19)/t13-/m0/s1. The second kappa shape index (κ2) is 6.56. The molecule has 2 aromatic carbocycles. The number of benzene rings is 2. The van der Waals surface area contributed by atoms with Gasteiger partial charge in [-0.15, -0.1) is 0 Å². The van der Waals surface area contributed by atoms with E-state index >= 15 is 0 Å². The molecule has 106 valence electrons. The fraction of sp³-hybridized carbons (Fsp3) is 0.214. The Morgan fingerprint density at radius 2 is 1.80 bits per heavy atom. The maximum atomic E-state index is 12.0. The van der Waals surface area contributed by atoms with Crippen molar-refractivity contribution in [3.05, 3.63) is 48.0 Å². The molecule has 6 heteroatoms. The quantitative estimate of drug-likeness (QED) is 0.537. The molecule has 2 aromatic rings. The van der Waals surface area contributed by atoms with Crippen molar-refractivity contribution in [2.75, 3.05) is 0 Å². The van der Waals surface area contributed by atoms with Crippen LogP contribution in [-0.4, -0.2) is 19.4 Å². The fourth-order valence-corrected chi connectivity index (χ4v) is 2.25. The van der Waals surface area contributed by atoms with Crippen LogP contribution in [0.15, 0.2) is 42.5 Å². The van der Waals surface area contributed by atoms with Crippen molar-refractivity contribution in [2.24, 2.45) is 0 Å². The minimum Gasteiger partial charge on any atom is -0.370 e. The van der Waals surface area contributed by atoms with E-state index in [1.165, 1.54) is 0 Å². The summed E-state index contributed by atoms with van der Waals surface area (Å²) in [6.45, 7) is 0. The number of fused-ring (bicyclic) bond motifs is 1. The number of alkyl halides is 3. The predicted molar refractivity (Wildman–Crippen MR) is 91.3 cm³/mol. The van der Waals surface area contributed by atoms with E-state index in [4.69, 9.17) is 0 Å². The Labute approximate surface area is 142 Å². The van der Waals surface area contributed by atoms with Gasteiger partial charge in [-0.3, -0.25) is 4.79 Å². The van der Waals surface area contributed by atoms with Gasteiger partial charge >= 0.3 is 0 Å². The van der Waals surface area contributed by atoms with E-state index in [1.54, 1.807) is 0 Å². The van der Waals surface area contributed by atoms with Crippen LogP contribution in [0.25, 0.3) is 10.8 Å². The minimum absolute atomic E-state index is 0.210. The molecule has 0 bridgehead atoms. The summed E-state index contributed by atoms with van der Waals surface area (Å²) in [5.74, 6) is -0.253. The van der Waals surface area contributed by atoms with Gasteiger partial charge in [0, 0.05) is 0 Å². The highest BCUT2D eigenvalue weighted by Crippen LogP contribution is 2.36. The number of aliphatic hydroxyl groups is 1. The van der Waals surface area contributed by atoms with Crippen LogP contribution < -0.4 is 5.32 Å². The van der Waals surface area contributed by atoms with E-state index in [-0.39, 0.29) is 12.3 Å². The fourth-order valence-electron chi connectivity index (χ4n) is 1.90. The molecule has 0 radical (unpaired) electrons. The van der Waals surface area contributed by atoms with Crippen LogP contribution in [0.5, 0.6) is 0 Å². The summed E-state index contributed by atoms with van der Waals surface area (Å²) < 4.78 is -0.929. The topological polar surface area (TPSA) is 49.3 Å². The van der Waals surface area contributed by atoms with E-state index in [0.29, 0.717) is 0 Å². The summed E-state index contributed by atoms with van der Waals surface area (Å²) in [7, 11) is 0. The molecule has 1 atom stereocenters. The number of carbonyl (C=O) groups is 1. The van der Waals surface area contributed by atoms with Gasteiger partial charge in [0.15, 0.2) is 8.37 Å². The summed E-state index contributed by atoms with van der Waals surface area (Å²) in [6.07, 6.45) is -0.883. The predicted octanol–water partition coefficient (Wildman–Crippen LogP) is 3.66. The van der Waals surface area contributed by atoms with Gasteiger partial charge < -0.3 is 10.4 Å². The van der Waals surface area contributed by atoms with Crippen molar-refractivity contribution in [3.63, 3.8) is 0 Å². The molecular formula is C14H12Br3NO2. The van der Waals surface area contributed by atoms with Gasteiger partial charge in [0.1, 0.15) is 0 Å². The second-order valence-electron chi connectivity index (χ2n) is 4.33. The lowest BCUT2D eigenvalue weighted by atomic mass is 10.0. The Morgan fingerprint density at radius 3 is 2.50 bits per heavy atom. The van der Waals surface area contributed by atoms with E-state index in [1.807, 2.05) is 42.5 Å². The number of halogens is 3. The van der Waals surface area contributed by atoms with E-state index in [9.17, 15) is 9.90 Å².